The van der Waals surface area contributed by atoms with Crippen molar-refractivity contribution in [3.8, 4) is 46.0 Å². The smallest absolute Gasteiger partial charge is 0.203 e. The van der Waals surface area contributed by atoms with Crippen molar-refractivity contribution in [2.75, 3.05) is 55.1 Å². The van der Waals surface area contributed by atoms with Crippen molar-refractivity contribution >= 4 is 23.6 Å². The van der Waals surface area contributed by atoms with E-state index in [4.69, 9.17) is 33.2 Å². The normalized spacial score (nSPS) is 10.9. The Bertz CT molecular complexity index is 1360. The van der Waals surface area contributed by atoms with E-state index >= 15 is 0 Å². The van der Waals surface area contributed by atoms with Gasteiger partial charge in [0.1, 0.15) is 0 Å². The van der Waals surface area contributed by atoms with Gasteiger partial charge in [-0.05, 0) is 47.5 Å². The second kappa shape index (κ2) is 13.7. The van der Waals surface area contributed by atoms with Crippen LogP contribution in [0.25, 0.3) is 12.2 Å². The molecule has 0 saturated carbocycles. The summed E-state index contributed by atoms with van der Waals surface area (Å²) in [5.74, 6) is 2.47. The van der Waals surface area contributed by atoms with Crippen molar-refractivity contribution in [1.29, 1.82) is 0 Å². The number of phenols is 1. The first kappa shape index (κ1) is 29.6. The minimum absolute atomic E-state index is 0.0820. The van der Waals surface area contributed by atoms with E-state index in [9.17, 15) is 9.90 Å². The number of rotatable bonds is 13. The zero-order chi connectivity index (χ0) is 29.2. The van der Waals surface area contributed by atoms with Gasteiger partial charge in [-0.25, -0.2) is 0 Å². The van der Waals surface area contributed by atoms with Gasteiger partial charge in [0.2, 0.25) is 11.5 Å². The number of aromatic hydroxyl groups is 1. The van der Waals surface area contributed by atoms with Gasteiger partial charge in [0.15, 0.2) is 40.3 Å². The fourth-order valence-electron chi connectivity index (χ4n) is 3.97. The molecule has 0 amide bonds. The molecule has 40 heavy (non-hydrogen) atoms. The lowest BCUT2D eigenvalue weighted by Crippen LogP contribution is -2.01. The number of benzene rings is 3. The van der Waals surface area contributed by atoms with Gasteiger partial charge in [0.05, 0.1) is 55.5 Å². The van der Waals surface area contributed by atoms with Crippen molar-refractivity contribution in [2.45, 2.75) is 0 Å². The van der Waals surface area contributed by atoms with Gasteiger partial charge in [-0.15, -0.1) is 0 Å². The third-order valence-electron chi connectivity index (χ3n) is 5.87. The Morgan fingerprint density at radius 1 is 0.625 bits per heavy atom. The summed E-state index contributed by atoms with van der Waals surface area (Å²) in [6.45, 7) is 0. The van der Waals surface area contributed by atoms with Crippen LogP contribution in [0.2, 0.25) is 0 Å². The number of carbonyl (C=O) groups is 1. The third-order valence-corrected chi connectivity index (χ3v) is 5.87. The van der Waals surface area contributed by atoms with Gasteiger partial charge in [-0.3, -0.25) is 4.79 Å². The number of nitrogens with one attached hydrogen (secondary N) is 1. The molecule has 10 nitrogen and oxygen atoms in total. The Kier molecular flexibility index (Phi) is 10.1. The quantitative estimate of drug-likeness (QED) is 0.162. The van der Waals surface area contributed by atoms with Crippen LogP contribution in [0.3, 0.4) is 0 Å². The maximum atomic E-state index is 12.9. The van der Waals surface area contributed by atoms with Crippen molar-refractivity contribution in [3.63, 3.8) is 0 Å². The largest absolute Gasteiger partial charge is 0.504 e. The predicted octanol–water partition coefficient (Wildman–Crippen LogP) is 5.43. The monoisotopic (exact) mass is 551 g/mol. The number of ether oxygens (including phenoxy) is 7. The van der Waals surface area contributed by atoms with E-state index in [1.165, 1.54) is 47.8 Å². The average molecular weight is 552 g/mol. The maximum absolute atomic E-state index is 12.9. The first-order chi connectivity index (χ1) is 19.3. The van der Waals surface area contributed by atoms with Crippen LogP contribution in [0.4, 0.5) is 5.69 Å². The maximum Gasteiger partial charge on any atom is 0.203 e. The van der Waals surface area contributed by atoms with Crippen LogP contribution in [-0.4, -0.2) is 60.7 Å². The fraction of sp³-hybridized carbons (Fsp3) is 0.233. The Balaban J connectivity index is 1.87. The highest BCUT2D eigenvalue weighted by Gasteiger charge is 2.16. The molecule has 0 saturated heterocycles. The second-order valence-corrected chi connectivity index (χ2v) is 8.17. The summed E-state index contributed by atoms with van der Waals surface area (Å²) in [5, 5.41) is 13.6. The number of methoxy groups -OCH3 is 7. The molecule has 3 rings (SSSR count). The number of hydrogen-bond acceptors (Lipinski definition) is 10. The van der Waals surface area contributed by atoms with Gasteiger partial charge < -0.3 is 43.6 Å². The summed E-state index contributed by atoms with van der Waals surface area (Å²) < 4.78 is 37.5. The summed E-state index contributed by atoms with van der Waals surface area (Å²) in [6.07, 6.45) is 6.43. The molecule has 212 valence electrons. The van der Waals surface area contributed by atoms with Crippen LogP contribution >= 0.6 is 0 Å². The SMILES string of the molecule is COc1cc(/C=C\c2cc(O)c(OC)c(N/C=C\C(=O)c3cc(OC)c(OC)c(OC)c3)c2)cc(OC)c1OC. The molecule has 0 aromatic heterocycles. The Morgan fingerprint density at radius 3 is 1.52 bits per heavy atom. The molecule has 3 aromatic rings. The first-order valence-electron chi connectivity index (χ1n) is 12.0. The average Bonchev–Trinajstić information content (AvgIpc) is 2.98. The van der Waals surface area contributed by atoms with E-state index in [-0.39, 0.29) is 17.3 Å². The molecule has 0 unspecified atom stereocenters. The van der Waals surface area contributed by atoms with Crippen LogP contribution < -0.4 is 38.5 Å². The minimum Gasteiger partial charge on any atom is -0.504 e. The Labute approximate surface area is 233 Å². The highest BCUT2D eigenvalue weighted by Crippen LogP contribution is 2.40. The molecule has 0 bridgehead atoms. The number of phenolic OH excluding ortho intramolecular Hbond substituents is 1. The van der Waals surface area contributed by atoms with Gasteiger partial charge in [0.25, 0.3) is 0 Å². The lowest BCUT2D eigenvalue weighted by Gasteiger charge is -2.13. The summed E-state index contributed by atoms with van der Waals surface area (Å²) in [7, 11) is 10.5. The highest BCUT2D eigenvalue weighted by atomic mass is 16.5. The summed E-state index contributed by atoms with van der Waals surface area (Å²) in [5.41, 5.74) is 2.24. The van der Waals surface area contributed by atoms with E-state index in [0.717, 1.165) is 5.56 Å². The highest BCUT2D eigenvalue weighted by molar-refractivity contribution is 6.05. The number of anilines is 1. The van der Waals surface area contributed by atoms with E-state index in [1.807, 2.05) is 6.08 Å². The van der Waals surface area contributed by atoms with Gasteiger partial charge in [-0.1, -0.05) is 12.2 Å². The van der Waals surface area contributed by atoms with Crippen LogP contribution in [-0.2, 0) is 0 Å². The van der Waals surface area contributed by atoms with Crippen molar-refractivity contribution in [3.05, 3.63) is 65.4 Å². The topological polar surface area (TPSA) is 114 Å². The van der Waals surface area contributed by atoms with Crippen molar-refractivity contribution < 1.29 is 43.1 Å². The first-order valence-corrected chi connectivity index (χ1v) is 12.0. The van der Waals surface area contributed by atoms with Crippen LogP contribution in [0.1, 0.15) is 21.5 Å². The van der Waals surface area contributed by atoms with Crippen molar-refractivity contribution in [1.82, 2.24) is 0 Å². The summed E-state index contributed by atoms with van der Waals surface area (Å²) in [6, 6.07) is 10.1. The Hall–Kier alpha value is -4.99. The molecule has 0 radical (unpaired) electrons. The molecule has 3 aromatic carbocycles. The van der Waals surface area contributed by atoms with Crippen LogP contribution in [0.5, 0.6) is 46.0 Å². The summed E-state index contributed by atoms with van der Waals surface area (Å²) in [4.78, 5) is 12.9. The lowest BCUT2D eigenvalue weighted by atomic mass is 10.1. The minimum atomic E-state index is -0.312. The molecule has 0 aliphatic rings. The molecule has 0 atom stereocenters. The molecule has 0 aliphatic carbocycles. The number of ketones is 1. The van der Waals surface area contributed by atoms with E-state index < -0.39 is 0 Å². The van der Waals surface area contributed by atoms with E-state index in [1.54, 1.807) is 56.7 Å². The van der Waals surface area contributed by atoms with E-state index in [2.05, 4.69) is 5.32 Å². The van der Waals surface area contributed by atoms with Gasteiger partial charge in [0, 0.05) is 17.8 Å². The molecular formula is C30H33NO9. The fourth-order valence-corrected chi connectivity index (χ4v) is 3.97. The number of carbonyl (C=O) groups excluding carboxylic acids is 1. The zero-order valence-electron chi connectivity index (χ0n) is 23.5. The summed E-state index contributed by atoms with van der Waals surface area (Å²) >= 11 is 0. The van der Waals surface area contributed by atoms with Gasteiger partial charge >= 0.3 is 0 Å². The van der Waals surface area contributed by atoms with Crippen molar-refractivity contribution in [2.24, 2.45) is 0 Å². The molecule has 10 heteroatoms. The molecular weight excluding hydrogens is 518 g/mol. The van der Waals surface area contributed by atoms with Crippen LogP contribution in [0, 0.1) is 0 Å². The molecule has 0 aliphatic heterocycles. The number of hydrogen-bond donors (Lipinski definition) is 2. The molecule has 2 N–H and O–H groups in total. The second-order valence-electron chi connectivity index (χ2n) is 8.17. The number of allylic oxidation sites excluding steroid dienone is 1. The predicted molar refractivity (Wildman–Crippen MR) is 153 cm³/mol. The zero-order valence-corrected chi connectivity index (χ0v) is 23.5. The molecule has 0 spiro atoms. The standard InChI is InChI=1S/C30H33NO9/c1-34-24-14-19(15-25(35-2)29(24)39-6)9-8-18-12-21(28(38-5)23(33)13-18)31-11-10-22(32)20-16-26(36-3)30(40-7)27(17-20)37-4/h8-17,31,33H,1-7H3/b9-8-,11-10-. The lowest BCUT2D eigenvalue weighted by molar-refractivity contribution is 0.104. The van der Waals surface area contributed by atoms with Crippen LogP contribution in [0.15, 0.2) is 48.7 Å². The third kappa shape index (κ3) is 6.52. The van der Waals surface area contributed by atoms with E-state index in [0.29, 0.717) is 51.3 Å². The van der Waals surface area contributed by atoms with Gasteiger partial charge in [-0.2, -0.15) is 0 Å². The Morgan fingerprint density at radius 2 is 1.07 bits per heavy atom. The molecule has 0 heterocycles. The molecule has 0 fully saturated rings.